The van der Waals surface area contributed by atoms with Crippen LogP contribution in [-0.4, -0.2) is 25.7 Å². The van der Waals surface area contributed by atoms with E-state index in [1.54, 1.807) is 0 Å². The van der Waals surface area contributed by atoms with Crippen molar-refractivity contribution >= 4 is 17.3 Å². The molecule has 0 aliphatic heterocycles. The highest BCUT2D eigenvalue weighted by molar-refractivity contribution is 6.00. The fourth-order valence-corrected chi connectivity index (χ4v) is 5.78. The fourth-order valence-electron chi connectivity index (χ4n) is 5.78. The summed E-state index contributed by atoms with van der Waals surface area (Å²) in [5.74, 6) is 1.13. The van der Waals surface area contributed by atoms with E-state index in [2.05, 4.69) is 35.2 Å². The molecule has 0 spiro atoms. The predicted octanol–water partition coefficient (Wildman–Crippen LogP) is 5.30. The highest BCUT2D eigenvalue weighted by atomic mass is 16.1. The summed E-state index contributed by atoms with van der Waals surface area (Å²) in [6.07, 6.45) is 11.3. The highest BCUT2D eigenvalue weighted by Crippen LogP contribution is 2.50. The molecule has 0 radical (unpaired) electrons. The van der Waals surface area contributed by atoms with Gasteiger partial charge in [0.2, 0.25) is 0 Å². The topological polar surface area (TPSA) is 37.4 Å². The minimum absolute atomic E-state index is 0.0162. The molecule has 0 aromatic heterocycles. The third-order valence-electron chi connectivity index (χ3n) is 7.30. The van der Waals surface area contributed by atoms with Crippen LogP contribution in [-0.2, 0) is 9.59 Å². The smallest absolute Gasteiger partial charge is 0.162 e. The Bertz CT molecular complexity index is 761. The Kier molecular flexibility index (Phi) is 5.70. The Balaban J connectivity index is 1.70. The first-order valence-corrected chi connectivity index (χ1v) is 11.1. The van der Waals surface area contributed by atoms with Crippen LogP contribution in [0.5, 0.6) is 0 Å². The van der Waals surface area contributed by atoms with Crippen molar-refractivity contribution in [2.45, 2.75) is 63.7 Å². The highest BCUT2D eigenvalue weighted by Gasteiger charge is 2.48. The van der Waals surface area contributed by atoms with Crippen LogP contribution in [0.3, 0.4) is 0 Å². The lowest BCUT2D eigenvalue weighted by Gasteiger charge is -2.44. The van der Waals surface area contributed by atoms with E-state index in [-0.39, 0.29) is 23.7 Å². The SMILES string of the molecule is CN(C)c1ccc([C@@H]2CC(=O)[C@H]3CCCC[C@H]3[C@H]2C(=O)C2=CCCCC2)cc1. The van der Waals surface area contributed by atoms with Crippen LogP contribution in [0.4, 0.5) is 5.69 Å². The summed E-state index contributed by atoms with van der Waals surface area (Å²) in [7, 11) is 4.07. The first-order chi connectivity index (χ1) is 13.6. The molecule has 150 valence electrons. The van der Waals surface area contributed by atoms with Gasteiger partial charge in [0.05, 0.1) is 0 Å². The van der Waals surface area contributed by atoms with Crippen molar-refractivity contribution in [3.63, 3.8) is 0 Å². The van der Waals surface area contributed by atoms with E-state index in [9.17, 15) is 9.59 Å². The van der Waals surface area contributed by atoms with E-state index in [1.807, 2.05) is 14.1 Å². The molecule has 28 heavy (non-hydrogen) atoms. The van der Waals surface area contributed by atoms with E-state index in [1.165, 1.54) is 6.42 Å². The average Bonchev–Trinajstić information content (AvgIpc) is 2.74. The van der Waals surface area contributed by atoms with E-state index in [4.69, 9.17) is 0 Å². The molecule has 2 fully saturated rings. The largest absolute Gasteiger partial charge is 0.378 e. The molecule has 1 aromatic carbocycles. The number of benzene rings is 1. The summed E-state index contributed by atoms with van der Waals surface area (Å²) in [4.78, 5) is 28.8. The number of fused-ring (bicyclic) bond motifs is 1. The number of carbonyl (C=O) groups excluding carboxylic acids is 2. The fraction of sp³-hybridized carbons (Fsp3) is 0.600. The zero-order chi connectivity index (χ0) is 19.7. The van der Waals surface area contributed by atoms with Gasteiger partial charge in [-0.15, -0.1) is 0 Å². The van der Waals surface area contributed by atoms with Crippen molar-refractivity contribution in [1.29, 1.82) is 0 Å². The van der Waals surface area contributed by atoms with Crippen molar-refractivity contribution in [1.82, 2.24) is 0 Å². The Morgan fingerprint density at radius 3 is 2.39 bits per heavy atom. The number of ketones is 2. The number of nitrogens with zero attached hydrogens (tertiary/aromatic N) is 1. The second kappa shape index (κ2) is 8.23. The molecule has 0 unspecified atom stereocenters. The minimum atomic E-state index is -0.0162. The molecule has 0 N–H and O–H groups in total. The Labute approximate surface area is 169 Å². The first kappa shape index (κ1) is 19.4. The van der Waals surface area contributed by atoms with Crippen molar-refractivity contribution in [3.8, 4) is 0 Å². The third kappa shape index (κ3) is 3.68. The number of hydrogen-bond donors (Lipinski definition) is 0. The summed E-state index contributed by atoms with van der Waals surface area (Å²) in [6.45, 7) is 0. The van der Waals surface area contributed by atoms with Crippen molar-refractivity contribution < 1.29 is 9.59 Å². The van der Waals surface area contributed by atoms with Gasteiger partial charge in [-0.3, -0.25) is 9.59 Å². The minimum Gasteiger partial charge on any atom is -0.378 e. The standard InChI is InChI=1S/C25H33NO2/c1-26(2)19-14-12-17(13-15-19)22-16-23(27)20-10-6-7-11-21(20)24(22)25(28)18-8-4-3-5-9-18/h8,12-15,20-22,24H,3-7,9-11,16H2,1-2H3/t20-,21+,22-,24+/m0/s1. The van der Waals surface area contributed by atoms with Crippen molar-refractivity contribution in [3.05, 3.63) is 41.5 Å². The van der Waals surface area contributed by atoms with Gasteiger partial charge in [-0.05, 0) is 67.7 Å². The zero-order valence-corrected chi connectivity index (χ0v) is 17.3. The molecule has 0 bridgehead atoms. The van der Waals surface area contributed by atoms with Gasteiger partial charge in [0.15, 0.2) is 5.78 Å². The summed E-state index contributed by atoms with van der Waals surface area (Å²) in [6, 6.07) is 8.53. The van der Waals surface area contributed by atoms with Crippen LogP contribution in [0.25, 0.3) is 0 Å². The number of anilines is 1. The second-order valence-electron chi connectivity index (χ2n) is 9.18. The van der Waals surface area contributed by atoms with Gasteiger partial charge < -0.3 is 4.90 Å². The van der Waals surface area contributed by atoms with Gasteiger partial charge in [-0.2, -0.15) is 0 Å². The molecule has 4 atom stereocenters. The van der Waals surface area contributed by atoms with Gasteiger partial charge in [-0.1, -0.05) is 31.1 Å². The molecular formula is C25H33NO2. The van der Waals surface area contributed by atoms with Crippen molar-refractivity contribution in [2.75, 3.05) is 19.0 Å². The Morgan fingerprint density at radius 1 is 0.964 bits per heavy atom. The van der Waals surface area contributed by atoms with Gasteiger partial charge in [-0.25, -0.2) is 0 Å². The predicted molar refractivity (Wildman–Crippen MR) is 114 cm³/mol. The lowest BCUT2D eigenvalue weighted by molar-refractivity contribution is -0.136. The van der Waals surface area contributed by atoms with Crippen LogP contribution in [0.15, 0.2) is 35.9 Å². The van der Waals surface area contributed by atoms with E-state index >= 15 is 0 Å². The van der Waals surface area contributed by atoms with Gasteiger partial charge >= 0.3 is 0 Å². The number of allylic oxidation sites excluding steroid dienone is 2. The summed E-state index contributed by atoms with van der Waals surface area (Å²) < 4.78 is 0. The molecular weight excluding hydrogens is 346 g/mol. The quantitative estimate of drug-likeness (QED) is 0.712. The number of rotatable bonds is 4. The summed E-state index contributed by atoms with van der Waals surface area (Å²) in [5, 5.41) is 0. The van der Waals surface area contributed by atoms with Crippen LogP contribution >= 0.6 is 0 Å². The molecule has 0 saturated heterocycles. The normalized spacial score (nSPS) is 30.4. The van der Waals surface area contributed by atoms with Crippen LogP contribution in [0, 0.1) is 17.8 Å². The molecule has 3 heteroatoms. The average molecular weight is 380 g/mol. The maximum Gasteiger partial charge on any atom is 0.162 e. The molecule has 2 saturated carbocycles. The molecule has 3 nitrogen and oxygen atoms in total. The van der Waals surface area contributed by atoms with Crippen molar-refractivity contribution in [2.24, 2.45) is 17.8 Å². The van der Waals surface area contributed by atoms with E-state index in [0.717, 1.165) is 61.8 Å². The van der Waals surface area contributed by atoms with E-state index in [0.29, 0.717) is 18.0 Å². The molecule has 3 aliphatic carbocycles. The number of carbonyl (C=O) groups is 2. The van der Waals surface area contributed by atoms with Crippen LogP contribution in [0.2, 0.25) is 0 Å². The van der Waals surface area contributed by atoms with Crippen LogP contribution < -0.4 is 4.90 Å². The molecule has 1 aromatic rings. The Morgan fingerprint density at radius 2 is 1.71 bits per heavy atom. The lowest BCUT2D eigenvalue weighted by Crippen LogP contribution is -2.45. The first-order valence-electron chi connectivity index (χ1n) is 11.1. The van der Waals surface area contributed by atoms with E-state index < -0.39 is 0 Å². The second-order valence-corrected chi connectivity index (χ2v) is 9.18. The summed E-state index contributed by atoms with van der Waals surface area (Å²) in [5.41, 5.74) is 3.36. The maximum atomic E-state index is 13.7. The molecule has 4 rings (SSSR count). The van der Waals surface area contributed by atoms with Gasteiger partial charge in [0.25, 0.3) is 0 Å². The third-order valence-corrected chi connectivity index (χ3v) is 7.30. The molecule has 0 amide bonds. The number of Topliss-reactive ketones (excluding diaryl/α,β-unsaturated/α-hetero) is 2. The Hall–Kier alpha value is -1.90. The number of hydrogen-bond acceptors (Lipinski definition) is 3. The van der Waals surface area contributed by atoms with Gasteiger partial charge in [0, 0.05) is 44.0 Å². The van der Waals surface area contributed by atoms with Gasteiger partial charge in [0.1, 0.15) is 5.78 Å². The molecule has 3 aliphatic rings. The zero-order valence-electron chi connectivity index (χ0n) is 17.3. The maximum absolute atomic E-state index is 13.7. The molecule has 0 heterocycles. The van der Waals surface area contributed by atoms with Crippen LogP contribution in [0.1, 0.15) is 69.3 Å². The monoisotopic (exact) mass is 379 g/mol. The summed E-state index contributed by atoms with van der Waals surface area (Å²) >= 11 is 0. The lowest BCUT2D eigenvalue weighted by atomic mass is 9.57.